The summed E-state index contributed by atoms with van der Waals surface area (Å²) in [6.45, 7) is 0.393. The molecule has 0 aliphatic heterocycles. The maximum Gasteiger partial charge on any atom is 0.343 e. The molecule has 4 rings (SSSR count). The molecule has 180 valence electrons. The van der Waals surface area contributed by atoms with Crippen LogP contribution in [0.15, 0.2) is 83.3 Å². The monoisotopic (exact) mass is 596 g/mol. The van der Waals surface area contributed by atoms with Crippen molar-refractivity contribution in [2.45, 2.75) is 12.8 Å². The number of fused-ring (bicyclic) bond motifs is 1. The molecule has 0 radical (unpaired) electrons. The molecule has 4 aromatic rings. The summed E-state index contributed by atoms with van der Waals surface area (Å²) in [6.07, 6.45) is 1.43. The first-order valence-electron chi connectivity index (χ1n) is 11.3. The maximum atomic E-state index is 11.8. The second kappa shape index (κ2) is 12.2. The number of benzene rings is 4. The predicted molar refractivity (Wildman–Crippen MR) is 147 cm³/mol. The zero-order valence-corrected chi connectivity index (χ0v) is 22.6. The van der Waals surface area contributed by atoms with Gasteiger partial charge < -0.3 is 14.2 Å². The smallest absolute Gasteiger partial charge is 0.343 e. The van der Waals surface area contributed by atoms with E-state index in [4.69, 9.17) is 14.2 Å². The van der Waals surface area contributed by atoms with Crippen molar-refractivity contribution in [2.75, 3.05) is 25.7 Å². The van der Waals surface area contributed by atoms with Gasteiger partial charge in [-0.3, -0.25) is 0 Å². The molecule has 0 spiro atoms. The lowest BCUT2D eigenvalue weighted by atomic mass is 9.96. The van der Waals surface area contributed by atoms with E-state index in [-0.39, 0.29) is 6.61 Å². The molecular weight excluding hydrogens is 572 g/mol. The normalized spacial score (nSPS) is 10.8. The van der Waals surface area contributed by atoms with E-state index < -0.39 is 5.97 Å². The minimum Gasteiger partial charge on any atom is -0.492 e. The van der Waals surface area contributed by atoms with Crippen LogP contribution in [-0.4, -0.2) is 31.6 Å². The van der Waals surface area contributed by atoms with Crippen LogP contribution < -0.4 is 9.47 Å². The lowest BCUT2D eigenvalue weighted by molar-refractivity contribution is -0.142. The number of hydrogen-bond acceptors (Lipinski definition) is 4. The highest BCUT2D eigenvalue weighted by molar-refractivity contribution is 9.10. The van der Waals surface area contributed by atoms with Gasteiger partial charge in [0.1, 0.15) is 11.5 Å². The summed E-state index contributed by atoms with van der Waals surface area (Å²) in [5.41, 5.74) is 4.48. The minimum atomic E-state index is -0.429. The van der Waals surface area contributed by atoms with E-state index in [1.54, 1.807) is 0 Å². The van der Waals surface area contributed by atoms with Gasteiger partial charge in [-0.15, -0.1) is 0 Å². The summed E-state index contributed by atoms with van der Waals surface area (Å²) in [7, 11) is 1.35. The Labute approximate surface area is 222 Å². The zero-order valence-electron chi connectivity index (χ0n) is 19.4. The number of alkyl halides is 1. The van der Waals surface area contributed by atoms with Gasteiger partial charge in [-0.25, -0.2) is 4.79 Å². The molecule has 0 unspecified atom stereocenters. The summed E-state index contributed by atoms with van der Waals surface area (Å²) < 4.78 is 17.7. The van der Waals surface area contributed by atoms with E-state index in [2.05, 4.69) is 86.5 Å². The lowest BCUT2D eigenvalue weighted by Gasteiger charge is -2.18. The van der Waals surface area contributed by atoms with Crippen LogP contribution in [0.5, 0.6) is 11.5 Å². The minimum absolute atomic E-state index is 0.165. The van der Waals surface area contributed by atoms with Gasteiger partial charge in [-0.05, 0) is 56.2 Å². The van der Waals surface area contributed by atoms with Crippen molar-refractivity contribution in [2.24, 2.45) is 0 Å². The Bertz CT molecular complexity index is 1290. The molecule has 6 heteroatoms. The molecule has 0 amide bonds. The molecule has 0 aliphatic rings. The molecule has 35 heavy (non-hydrogen) atoms. The topological polar surface area (TPSA) is 44.8 Å². The van der Waals surface area contributed by atoms with Gasteiger partial charge in [-0.1, -0.05) is 76.6 Å². The van der Waals surface area contributed by atoms with Gasteiger partial charge in [0.2, 0.25) is 0 Å². The van der Waals surface area contributed by atoms with Gasteiger partial charge in [0.15, 0.2) is 6.61 Å². The average Bonchev–Trinajstić information content (AvgIpc) is 2.88. The van der Waals surface area contributed by atoms with Crippen LogP contribution in [-0.2, 0) is 22.4 Å². The first-order chi connectivity index (χ1) is 17.1. The molecule has 0 saturated carbocycles. The number of carbonyl (C=O) groups excluding carboxylic acids is 1. The largest absolute Gasteiger partial charge is 0.492 e. The summed E-state index contributed by atoms with van der Waals surface area (Å²) in [5, 5.41) is 2.77. The number of hydrogen-bond donors (Lipinski definition) is 0. The Morgan fingerprint density at radius 1 is 0.829 bits per heavy atom. The van der Waals surface area contributed by atoms with Gasteiger partial charge in [0, 0.05) is 29.1 Å². The van der Waals surface area contributed by atoms with Crippen molar-refractivity contribution >= 4 is 48.6 Å². The fourth-order valence-corrected chi connectivity index (χ4v) is 4.87. The Morgan fingerprint density at radius 3 is 2.03 bits per heavy atom. The number of ether oxygens (including phenoxy) is 3. The summed E-state index contributed by atoms with van der Waals surface area (Å²) >= 11 is 7.23. The molecule has 0 atom stereocenters. The molecule has 4 nitrogen and oxygen atoms in total. The second-order valence-corrected chi connectivity index (χ2v) is 9.67. The average molecular weight is 598 g/mol. The van der Waals surface area contributed by atoms with Crippen LogP contribution in [0.1, 0.15) is 22.3 Å². The number of carbonyl (C=O) groups is 1. The Morgan fingerprint density at radius 2 is 1.43 bits per heavy atom. The van der Waals surface area contributed by atoms with E-state index in [1.807, 2.05) is 24.3 Å². The molecule has 0 bridgehead atoms. The lowest BCUT2D eigenvalue weighted by Crippen LogP contribution is -2.14. The fourth-order valence-electron chi connectivity index (χ4n) is 4.00. The zero-order chi connectivity index (χ0) is 24.6. The predicted octanol–water partition coefficient (Wildman–Crippen LogP) is 7.11. The highest BCUT2D eigenvalue weighted by atomic mass is 79.9. The number of rotatable bonds is 10. The Balaban J connectivity index is 1.83. The Kier molecular flexibility index (Phi) is 8.83. The summed E-state index contributed by atoms with van der Waals surface area (Å²) in [4.78, 5) is 11.8. The summed E-state index contributed by atoms with van der Waals surface area (Å²) in [5.74, 6) is 1.03. The van der Waals surface area contributed by atoms with E-state index in [0.717, 1.165) is 49.4 Å². The van der Waals surface area contributed by atoms with Crippen LogP contribution in [0.3, 0.4) is 0 Å². The Hall–Kier alpha value is -2.83. The SMILES string of the molecule is COC(=O)COc1c(Cc2ccccc2)cc2cc(Cc3ccccc3)c(OCCBr)cc2c1Br. The number of methoxy groups -OCH3 is 1. The van der Waals surface area contributed by atoms with Crippen molar-refractivity contribution in [3.8, 4) is 11.5 Å². The molecular formula is C29H26Br2O4. The highest BCUT2D eigenvalue weighted by Gasteiger charge is 2.18. The van der Waals surface area contributed by atoms with Gasteiger partial charge >= 0.3 is 5.97 Å². The molecule has 0 aromatic heterocycles. The first-order valence-corrected chi connectivity index (χ1v) is 13.2. The van der Waals surface area contributed by atoms with Crippen LogP contribution in [0.25, 0.3) is 10.8 Å². The maximum absolute atomic E-state index is 11.8. The molecule has 0 fully saturated rings. The van der Waals surface area contributed by atoms with Gasteiger partial charge in [-0.2, -0.15) is 0 Å². The quantitative estimate of drug-likeness (QED) is 0.144. The third-order valence-corrected chi connectivity index (χ3v) is 6.77. The van der Waals surface area contributed by atoms with Crippen molar-refractivity contribution in [1.29, 1.82) is 0 Å². The number of esters is 1. The van der Waals surface area contributed by atoms with Crippen molar-refractivity contribution in [3.63, 3.8) is 0 Å². The van der Waals surface area contributed by atoms with Crippen LogP contribution in [0.2, 0.25) is 0 Å². The fraction of sp³-hybridized carbons (Fsp3) is 0.207. The van der Waals surface area contributed by atoms with Crippen LogP contribution >= 0.6 is 31.9 Å². The second-order valence-electron chi connectivity index (χ2n) is 8.09. The van der Waals surface area contributed by atoms with Crippen LogP contribution in [0.4, 0.5) is 0 Å². The third-order valence-electron chi connectivity index (χ3n) is 5.66. The van der Waals surface area contributed by atoms with E-state index >= 15 is 0 Å². The summed E-state index contributed by atoms with van der Waals surface area (Å²) in [6, 6.07) is 27.0. The van der Waals surface area contributed by atoms with Crippen molar-refractivity contribution in [3.05, 3.63) is 106 Å². The highest BCUT2D eigenvalue weighted by Crippen LogP contribution is 2.41. The van der Waals surface area contributed by atoms with E-state index in [9.17, 15) is 4.79 Å². The van der Waals surface area contributed by atoms with Crippen molar-refractivity contribution < 1.29 is 19.0 Å². The van der Waals surface area contributed by atoms with Gasteiger partial charge in [0.25, 0.3) is 0 Å². The molecule has 0 saturated heterocycles. The molecule has 0 aliphatic carbocycles. The number of halogens is 2. The molecule has 0 heterocycles. The first kappa shape index (κ1) is 25.3. The van der Waals surface area contributed by atoms with Crippen molar-refractivity contribution in [1.82, 2.24) is 0 Å². The standard InChI is InChI=1S/C29H26Br2O4/c1-33-27(32)19-35-29-24(15-21-10-6-3-7-11-21)17-22-16-23(14-20-8-4-2-5-9-20)26(34-13-12-30)18-25(22)28(29)31/h2-11,16-18H,12-15,19H2,1H3. The molecule has 0 N–H and O–H groups in total. The van der Waals surface area contributed by atoms with Crippen LogP contribution in [0, 0.1) is 0 Å². The molecule has 4 aromatic carbocycles. The van der Waals surface area contributed by atoms with Gasteiger partial charge in [0.05, 0.1) is 18.2 Å². The van der Waals surface area contributed by atoms with E-state index in [0.29, 0.717) is 18.8 Å². The van der Waals surface area contributed by atoms with E-state index in [1.165, 1.54) is 12.7 Å². The third kappa shape index (κ3) is 6.44.